The molecule has 4 heteroatoms. The minimum absolute atomic E-state index is 0.245. The summed E-state index contributed by atoms with van der Waals surface area (Å²) in [5.41, 5.74) is 8.45. The molecule has 0 heterocycles. The van der Waals surface area contributed by atoms with E-state index in [1.807, 2.05) is 25.1 Å². The van der Waals surface area contributed by atoms with Gasteiger partial charge in [0, 0.05) is 21.9 Å². The van der Waals surface area contributed by atoms with Crippen molar-refractivity contribution in [3.05, 3.63) is 53.3 Å². The van der Waals surface area contributed by atoms with Gasteiger partial charge in [-0.3, -0.25) is 0 Å². The summed E-state index contributed by atoms with van der Waals surface area (Å²) in [6, 6.07) is 10.4. The minimum Gasteiger partial charge on any atom is -0.496 e. The van der Waals surface area contributed by atoms with Crippen LogP contribution >= 0.6 is 11.8 Å². The highest BCUT2D eigenvalue weighted by Gasteiger charge is 2.07. The Morgan fingerprint density at radius 1 is 1.21 bits per heavy atom. The van der Waals surface area contributed by atoms with E-state index < -0.39 is 0 Å². The van der Waals surface area contributed by atoms with Gasteiger partial charge in [0.05, 0.1) is 7.11 Å². The Kier molecular flexibility index (Phi) is 4.32. The van der Waals surface area contributed by atoms with E-state index in [2.05, 4.69) is 0 Å². The van der Waals surface area contributed by atoms with Gasteiger partial charge in [0.1, 0.15) is 11.6 Å². The van der Waals surface area contributed by atoms with Crippen LogP contribution in [0.4, 0.5) is 10.1 Å². The predicted molar refractivity (Wildman–Crippen MR) is 78.1 cm³/mol. The molecule has 2 aromatic rings. The number of nitrogens with two attached hydrogens (primary N) is 1. The normalized spacial score (nSPS) is 10.5. The summed E-state index contributed by atoms with van der Waals surface area (Å²) in [6.45, 7) is 2.02. The Hall–Kier alpha value is -1.68. The number of hydrogen-bond donors (Lipinski definition) is 1. The first-order valence-corrected chi connectivity index (χ1v) is 6.90. The molecule has 0 radical (unpaired) electrons. The molecule has 0 atom stereocenters. The van der Waals surface area contributed by atoms with Gasteiger partial charge in [0.25, 0.3) is 0 Å². The second-order valence-electron chi connectivity index (χ2n) is 4.27. The number of benzene rings is 2. The average molecular weight is 277 g/mol. The number of nitrogen functional groups attached to an aromatic ring is 1. The number of rotatable bonds is 4. The fourth-order valence-corrected chi connectivity index (χ4v) is 2.84. The van der Waals surface area contributed by atoms with Gasteiger partial charge in [-0.25, -0.2) is 4.39 Å². The van der Waals surface area contributed by atoms with E-state index >= 15 is 0 Å². The van der Waals surface area contributed by atoms with Crippen molar-refractivity contribution in [1.29, 1.82) is 0 Å². The summed E-state index contributed by atoms with van der Waals surface area (Å²) in [5, 5.41) is 0. The molecule has 0 saturated heterocycles. The monoisotopic (exact) mass is 277 g/mol. The maximum atomic E-state index is 13.3. The zero-order valence-corrected chi connectivity index (χ0v) is 11.8. The number of methoxy groups -OCH3 is 1. The molecule has 0 amide bonds. The first-order valence-electron chi connectivity index (χ1n) is 5.91. The van der Waals surface area contributed by atoms with Gasteiger partial charge >= 0.3 is 0 Å². The summed E-state index contributed by atoms with van der Waals surface area (Å²) in [7, 11) is 1.59. The van der Waals surface area contributed by atoms with Crippen LogP contribution in [0.25, 0.3) is 0 Å². The van der Waals surface area contributed by atoms with Crippen LogP contribution in [0.15, 0.2) is 41.3 Å². The second-order valence-corrected chi connectivity index (χ2v) is 5.29. The van der Waals surface area contributed by atoms with E-state index in [9.17, 15) is 4.39 Å². The Labute approximate surface area is 116 Å². The molecule has 0 saturated carbocycles. The molecular formula is C15H16FNOS. The van der Waals surface area contributed by atoms with Crippen molar-refractivity contribution in [2.24, 2.45) is 0 Å². The van der Waals surface area contributed by atoms with Crippen molar-refractivity contribution < 1.29 is 9.13 Å². The SMILES string of the molecule is COc1ccc(F)cc1CSc1ccc(N)cc1C. The Bertz CT molecular complexity index is 586. The molecule has 2 N–H and O–H groups in total. The van der Waals surface area contributed by atoms with Gasteiger partial charge < -0.3 is 10.5 Å². The number of thioether (sulfide) groups is 1. The summed E-state index contributed by atoms with van der Waals surface area (Å²) >= 11 is 1.64. The van der Waals surface area contributed by atoms with E-state index in [4.69, 9.17) is 10.5 Å². The van der Waals surface area contributed by atoms with Crippen molar-refractivity contribution in [3.63, 3.8) is 0 Å². The maximum Gasteiger partial charge on any atom is 0.123 e. The topological polar surface area (TPSA) is 35.2 Å². The number of hydrogen-bond acceptors (Lipinski definition) is 3. The minimum atomic E-state index is -0.245. The van der Waals surface area contributed by atoms with Crippen molar-refractivity contribution in [2.75, 3.05) is 12.8 Å². The van der Waals surface area contributed by atoms with E-state index in [1.165, 1.54) is 12.1 Å². The third kappa shape index (κ3) is 3.41. The molecule has 0 aromatic heterocycles. The van der Waals surface area contributed by atoms with Crippen LogP contribution in [0.2, 0.25) is 0 Å². The standard InChI is InChI=1S/C15H16FNOS/c1-10-7-13(17)4-6-15(10)19-9-11-8-12(16)3-5-14(11)18-2/h3-8H,9,17H2,1-2H3. The molecule has 0 aliphatic heterocycles. The molecule has 0 bridgehead atoms. The van der Waals surface area contributed by atoms with Gasteiger partial charge in [0.2, 0.25) is 0 Å². The highest BCUT2D eigenvalue weighted by atomic mass is 32.2. The highest BCUT2D eigenvalue weighted by Crippen LogP contribution is 2.31. The van der Waals surface area contributed by atoms with Gasteiger partial charge in [-0.15, -0.1) is 11.8 Å². The van der Waals surface area contributed by atoms with Crippen LogP contribution in [-0.4, -0.2) is 7.11 Å². The lowest BCUT2D eigenvalue weighted by atomic mass is 10.2. The summed E-state index contributed by atoms with van der Waals surface area (Å²) in [5.74, 6) is 1.12. The van der Waals surface area contributed by atoms with E-state index in [1.54, 1.807) is 24.9 Å². The van der Waals surface area contributed by atoms with Gasteiger partial charge in [-0.1, -0.05) is 0 Å². The van der Waals surface area contributed by atoms with Crippen LogP contribution in [0.3, 0.4) is 0 Å². The number of ether oxygens (including phenoxy) is 1. The van der Waals surface area contributed by atoms with E-state index in [0.717, 1.165) is 21.7 Å². The molecule has 2 rings (SSSR count). The fraction of sp³-hybridized carbons (Fsp3) is 0.200. The smallest absolute Gasteiger partial charge is 0.123 e. The lowest BCUT2D eigenvalue weighted by Crippen LogP contribution is -1.92. The summed E-state index contributed by atoms with van der Waals surface area (Å²) in [4.78, 5) is 1.14. The number of halogens is 1. The quantitative estimate of drug-likeness (QED) is 0.677. The average Bonchev–Trinajstić information content (AvgIpc) is 2.38. The highest BCUT2D eigenvalue weighted by molar-refractivity contribution is 7.98. The van der Waals surface area contributed by atoms with Gasteiger partial charge in [0.15, 0.2) is 0 Å². The van der Waals surface area contributed by atoms with Crippen LogP contribution in [0.1, 0.15) is 11.1 Å². The lowest BCUT2D eigenvalue weighted by Gasteiger charge is -2.10. The molecule has 19 heavy (non-hydrogen) atoms. The van der Waals surface area contributed by atoms with Crippen molar-refractivity contribution in [2.45, 2.75) is 17.6 Å². The zero-order valence-electron chi connectivity index (χ0n) is 10.9. The molecule has 2 aromatic carbocycles. The first kappa shape index (κ1) is 13.7. The molecule has 0 aliphatic carbocycles. The molecule has 0 aliphatic rings. The molecule has 0 spiro atoms. The van der Waals surface area contributed by atoms with Crippen LogP contribution in [-0.2, 0) is 5.75 Å². The van der Waals surface area contributed by atoms with E-state index in [0.29, 0.717) is 11.5 Å². The van der Waals surface area contributed by atoms with E-state index in [-0.39, 0.29) is 5.82 Å². The van der Waals surface area contributed by atoms with Crippen LogP contribution in [0, 0.1) is 12.7 Å². The lowest BCUT2D eigenvalue weighted by molar-refractivity contribution is 0.410. The van der Waals surface area contributed by atoms with Crippen molar-refractivity contribution in [3.8, 4) is 5.75 Å². The van der Waals surface area contributed by atoms with Crippen LogP contribution < -0.4 is 10.5 Å². The fourth-order valence-electron chi connectivity index (χ4n) is 1.85. The Morgan fingerprint density at radius 3 is 2.68 bits per heavy atom. The van der Waals surface area contributed by atoms with Crippen molar-refractivity contribution in [1.82, 2.24) is 0 Å². The zero-order chi connectivity index (χ0) is 13.8. The van der Waals surface area contributed by atoms with Crippen LogP contribution in [0.5, 0.6) is 5.75 Å². The third-order valence-corrected chi connectivity index (χ3v) is 4.05. The first-order chi connectivity index (χ1) is 9.10. The molecule has 100 valence electrons. The molecular weight excluding hydrogens is 261 g/mol. The predicted octanol–water partition coefficient (Wildman–Crippen LogP) is 4.02. The molecule has 0 unspecified atom stereocenters. The van der Waals surface area contributed by atoms with Gasteiger partial charge in [-0.2, -0.15) is 0 Å². The Balaban J connectivity index is 2.16. The summed E-state index contributed by atoms with van der Waals surface area (Å²) in [6.07, 6.45) is 0. The third-order valence-electron chi connectivity index (χ3n) is 2.82. The molecule has 2 nitrogen and oxygen atoms in total. The summed E-state index contributed by atoms with van der Waals surface area (Å²) < 4.78 is 18.5. The van der Waals surface area contributed by atoms with Crippen molar-refractivity contribution >= 4 is 17.4 Å². The van der Waals surface area contributed by atoms with Gasteiger partial charge in [-0.05, 0) is 48.9 Å². The molecule has 0 fully saturated rings. The second kappa shape index (κ2) is 5.97. The maximum absolute atomic E-state index is 13.3. The largest absolute Gasteiger partial charge is 0.496 e. The number of aryl methyl sites for hydroxylation is 1. The number of anilines is 1. The Morgan fingerprint density at radius 2 is 2.00 bits per heavy atom.